The van der Waals surface area contributed by atoms with E-state index in [0.717, 1.165) is 6.07 Å². The molecule has 2 aromatic rings. The van der Waals surface area contributed by atoms with Crippen LogP contribution in [0.2, 0.25) is 0 Å². The normalized spacial score (nSPS) is 10.8. The number of halogens is 3. The number of nitrogens with two attached hydrogens (primary N) is 1. The van der Waals surface area contributed by atoms with Crippen molar-refractivity contribution in [2.75, 3.05) is 17.2 Å². The second-order valence-corrected chi connectivity index (χ2v) is 5.68. The van der Waals surface area contributed by atoms with Gasteiger partial charge in [0.1, 0.15) is 5.69 Å². The van der Waals surface area contributed by atoms with E-state index in [-0.39, 0.29) is 11.6 Å². The molecule has 30 heavy (non-hydrogen) atoms. The lowest BCUT2D eigenvalue weighted by molar-refractivity contribution is -0.384. The van der Waals surface area contributed by atoms with Gasteiger partial charge in [0.05, 0.1) is 16.1 Å². The van der Waals surface area contributed by atoms with Crippen LogP contribution < -0.4 is 16.4 Å². The molecule has 4 N–H and O–H groups in total. The first-order valence-corrected chi connectivity index (χ1v) is 7.96. The Morgan fingerprint density at radius 3 is 2.23 bits per heavy atom. The van der Waals surface area contributed by atoms with Gasteiger partial charge in [0.25, 0.3) is 11.6 Å². The Balaban J connectivity index is 2.01. The number of esters is 1. The summed E-state index contributed by atoms with van der Waals surface area (Å²) in [5.41, 5.74) is 2.56. The first-order chi connectivity index (χ1) is 14.0. The van der Waals surface area contributed by atoms with Gasteiger partial charge in [0, 0.05) is 11.8 Å². The minimum atomic E-state index is -4.80. The number of primary amides is 1. The Morgan fingerprint density at radius 1 is 1.07 bits per heavy atom. The van der Waals surface area contributed by atoms with Crippen LogP contribution in [0, 0.1) is 10.1 Å². The molecule has 158 valence electrons. The van der Waals surface area contributed by atoms with Crippen LogP contribution in [0.15, 0.2) is 42.5 Å². The minimum absolute atomic E-state index is 0.0262. The third-order valence-corrected chi connectivity index (χ3v) is 3.52. The predicted molar refractivity (Wildman–Crippen MR) is 96.7 cm³/mol. The van der Waals surface area contributed by atoms with E-state index in [2.05, 4.69) is 5.32 Å². The number of nitro benzene ring substituents is 1. The topological polar surface area (TPSA) is 154 Å². The van der Waals surface area contributed by atoms with Gasteiger partial charge < -0.3 is 21.1 Å². The Morgan fingerprint density at radius 2 is 1.70 bits per heavy atom. The molecule has 3 amide bonds. The average molecular weight is 426 g/mol. The summed E-state index contributed by atoms with van der Waals surface area (Å²) in [5.74, 6) is -1.92. The van der Waals surface area contributed by atoms with E-state index >= 15 is 0 Å². The van der Waals surface area contributed by atoms with Gasteiger partial charge >= 0.3 is 18.2 Å². The molecule has 0 spiro atoms. The summed E-state index contributed by atoms with van der Waals surface area (Å²) >= 11 is 0. The molecule has 0 radical (unpaired) electrons. The van der Waals surface area contributed by atoms with Crippen LogP contribution in [0.3, 0.4) is 0 Å². The summed E-state index contributed by atoms with van der Waals surface area (Å²) in [6.45, 7) is -0.849. The smallest absolute Gasteiger partial charge is 0.416 e. The maximum atomic E-state index is 12.7. The van der Waals surface area contributed by atoms with Crippen molar-refractivity contribution >= 4 is 35.0 Å². The number of nitrogens with zero attached hydrogens (tertiary/aromatic N) is 1. The summed E-state index contributed by atoms with van der Waals surface area (Å²) in [5, 5.41) is 15.3. The van der Waals surface area contributed by atoms with Gasteiger partial charge in [-0.25, -0.2) is 9.59 Å². The third kappa shape index (κ3) is 5.92. The first-order valence-electron chi connectivity index (χ1n) is 7.96. The highest BCUT2D eigenvalue weighted by atomic mass is 19.4. The second kappa shape index (κ2) is 8.89. The quantitative estimate of drug-likeness (QED) is 0.367. The number of rotatable bonds is 6. The Kier molecular flexibility index (Phi) is 6.56. The van der Waals surface area contributed by atoms with Crippen LogP contribution in [0.1, 0.15) is 15.9 Å². The van der Waals surface area contributed by atoms with E-state index in [4.69, 9.17) is 10.5 Å². The van der Waals surface area contributed by atoms with E-state index in [1.54, 1.807) is 0 Å². The molecule has 0 atom stereocenters. The highest BCUT2D eigenvalue weighted by Crippen LogP contribution is 2.34. The average Bonchev–Trinajstić information content (AvgIpc) is 2.65. The van der Waals surface area contributed by atoms with Crippen LogP contribution in [-0.4, -0.2) is 29.4 Å². The lowest BCUT2D eigenvalue weighted by atomic mass is 10.1. The molecule has 0 heterocycles. The monoisotopic (exact) mass is 426 g/mol. The number of alkyl halides is 3. The van der Waals surface area contributed by atoms with Crippen molar-refractivity contribution in [3.05, 3.63) is 63.7 Å². The summed E-state index contributed by atoms with van der Waals surface area (Å²) in [7, 11) is 0. The number of nitro groups is 1. The molecule has 13 heteroatoms. The van der Waals surface area contributed by atoms with Crippen LogP contribution in [-0.2, 0) is 15.7 Å². The molecule has 0 unspecified atom stereocenters. The van der Waals surface area contributed by atoms with Crippen molar-refractivity contribution in [2.24, 2.45) is 5.73 Å². The number of urea groups is 1. The molecule has 0 bridgehead atoms. The molecule has 2 rings (SSSR count). The fourth-order valence-corrected chi connectivity index (χ4v) is 2.20. The molecular formula is C17H13F3N4O6. The number of ether oxygens (including phenoxy) is 1. The van der Waals surface area contributed by atoms with Crippen molar-refractivity contribution in [3.63, 3.8) is 0 Å². The zero-order chi connectivity index (χ0) is 22.5. The number of anilines is 2. The molecule has 0 fully saturated rings. The molecule has 10 nitrogen and oxygen atoms in total. The molecule has 0 aliphatic heterocycles. The Bertz CT molecular complexity index is 992. The Labute approximate surface area is 166 Å². The lowest BCUT2D eigenvalue weighted by Gasteiger charge is -2.10. The number of benzene rings is 2. The largest absolute Gasteiger partial charge is 0.452 e. The van der Waals surface area contributed by atoms with Gasteiger partial charge in [-0.05, 0) is 36.4 Å². The van der Waals surface area contributed by atoms with Crippen LogP contribution in [0.4, 0.5) is 35.0 Å². The van der Waals surface area contributed by atoms with Crippen molar-refractivity contribution < 1.29 is 37.2 Å². The highest BCUT2D eigenvalue weighted by molar-refractivity contribution is 5.97. The maximum absolute atomic E-state index is 12.7. The molecule has 0 aliphatic carbocycles. The van der Waals surface area contributed by atoms with Crippen LogP contribution in [0.25, 0.3) is 0 Å². The van der Waals surface area contributed by atoms with E-state index in [1.165, 1.54) is 24.3 Å². The van der Waals surface area contributed by atoms with Gasteiger partial charge in [-0.2, -0.15) is 13.2 Å². The zero-order valence-electron chi connectivity index (χ0n) is 14.9. The van der Waals surface area contributed by atoms with Crippen LogP contribution >= 0.6 is 0 Å². The van der Waals surface area contributed by atoms with E-state index in [1.807, 2.05) is 5.32 Å². The third-order valence-electron chi connectivity index (χ3n) is 3.52. The fourth-order valence-electron chi connectivity index (χ4n) is 2.20. The van der Waals surface area contributed by atoms with Gasteiger partial charge in [-0.1, -0.05) is 0 Å². The molecular weight excluding hydrogens is 413 g/mol. The number of nitrogens with one attached hydrogen (secondary N) is 2. The molecule has 2 aromatic carbocycles. The van der Waals surface area contributed by atoms with Crippen molar-refractivity contribution in [1.82, 2.24) is 0 Å². The predicted octanol–water partition coefficient (Wildman–Crippen LogP) is 2.90. The fraction of sp³-hybridized carbons (Fsp3) is 0.118. The molecule has 0 saturated carbocycles. The second-order valence-electron chi connectivity index (χ2n) is 5.68. The summed E-state index contributed by atoms with van der Waals surface area (Å²) in [6.07, 6.45) is -4.80. The summed E-state index contributed by atoms with van der Waals surface area (Å²) < 4.78 is 42.8. The summed E-state index contributed by atoms with van der Waals surface area (Å²) in [4.78, 5) is 44.4. The Hall–Kier alpha value is -4.16. The van der Waals surface area contributed by atoms with E-state index < -0.39 is 52.6 Å². The number of carbonyl (C=O) groups excluding carboxylic acids is 3. The number of hydrogen-bond acceptors (Lipinski definition) is 6. The van der Waals surface area contributed by atoms with Crippen molar-refractivity contribution in [2.45, 2.75) is 6.18 Å². The van der Waals surface area contributed by atoms with Gasteiger partial charge in [-0.3, -0.25) is 14.9 Å². The lowest BCUT2D eigenvalue weighted by Crippen LogP contribution is -2.22. The van der Waals surface area contributed by atoms with Gasteiger partial charge in [0.2, 0.25) is 0 Å². The van der Waals surface area contributed by atoms with Crippen molar-refractivity contribution in [3.8, 4) is 0 Å². The summed E-state index contributed by atoms with van der Waals surface area (Å²) in [6, 6.07) is 6.04. The number of carbonyl (C=O) groups is 3. The van der Waals surface area contributed by atoms with E-state index in [0.29, 0.717) is 11.8 Å². The van der Waals surface area contributed by atoms with Gasteiger partial charge in [0.15, 0.2) is 6.61 Å². The maximum Gasteiger partial charge on any atom is 0.416 e. The molecule has 0 saturated heterocycles. The number of hydrogen-bond donors (Lipinski definition) is 3. The SMILES string of the molecule is NC(=O)Nc1ccc(C(=O)OCC(=O)Nc2ccc(C(F)(F)F)cc2[N+](=O)[O-])cc1. The number of amides is 3. The molecule has 0 aliphatic rings. The van der Waals surface area contributed by atoms with Crippen LogP contribution in [0.5, 0.6) is 0 Å². The highest BCUT2D eigenvalue weighted by Gasteiger charge is 2.33. The van der Waals surface area contributed by atoms with Crippen molar-refractivity contribution in [1.29, 1.82) is 0 Å². The standard InChI is InChI=1S/C17H13F3N4O6/c18-17(19,20)10-3-6-12(13(7-10)24(28)29)23-14(25)8-30-15(26)9-1-4-11(5-2-9)22-16(21)27/h1-7H,8H2,(H,23,25)(H3,21,22,27). The van der Waals surface area contributed by atoms with Gasteiger partial charge in [-0.15, -0.1) is 0 Å². The zero-order valence-corrected chi connectivity index (χ0v) is 14.9. The molecule has 0 aromatic heterocycles. The van der Waals surface area contributed by atoms with E-state index in [9.17, 15) is 37.7 Å². The first kappa shape index (κ1) is 22.1. The minimum Gasteiger partial charge on any atom is -0.452 e.